The maximum absolute atomic E-state index is 12.5. The Balaban J connectivity index is 3.30. The van der Waals surface area contributed by atoms with Crippen molar-refractivity contribution in [3.8, 4) is 0 Å². The molecular weight excluding hydrogens is 394 g/mol. The molecule has 0 aliphatic heterocycles. The molecule has 0 N–H and O–H groups in total. The first-order valence-corrected chi connectivity index (χ1v) is 12.8. The first-order valence-electron chi connectivity index (χ1n) is 9.45. The second kappa shape index (κ2) is 10.3. The lowest BCUT2D eigenvalue weighted by molar-refractivity contribution is 0.494. The van der Waals surface area contributed by atoms with Crippen LogP contribution >= 0.6 is 0 Å². The first kappa shape index (κ1) is 24.4. The summed E-state index contributed by atoms with van der Waals surface area (Å²) in [6.07, 6.45) is 3.05. The van der Waals surface area contributed by atoms with Gasteiger partial charge in [-0.15, -0.1) is 0 Å². The minimum absolute atomic E-state index is 0.0135. The van der Waals surface area contributed by atoms with E-state index in [9.17, 15) is 16.8 Å². The standard InChI is InChI=1S/C21H33NO4S2/c1-17(2)15-27(23,24)19(5)12-22(14-21-10-8-7-9-11-21)13-20(6)28(25,26)16-18(3)4/h7-13,17-18H,14-16H2,1-6H3. The molecule has 0 amide bonds. The Hall–Kier alpha value is -1.60. The van der Waals surface area contributed by atoms with E-state index in [1.807, 2.05) is 58.0 Å². The van der Waals surface area contributed by atoms with Gasteiger partial charge in [-0.3, -0.25) is 0 Å². The summed E-state index contributed by atoms with van der Waals surface area (Å²) in [6.45, 7) is 10.9. The summed E-state index contributed by atoms with van der Waals surface area (Å²) in [5.41, 5.74) is 0.957. The number of sulfone groups is 2. The van der Waals surface area contributed by atoms with E-state index in [4.69, 9.17) is 0 Å². The minimum atomic E-state index is -3.40. The fourth-order valence-electron chi connectivity index (χ4n) is 2.69. The van der Waals surface area contributed by atoms with Crippen LogP contribution in [0.25, 0.3) is 0 Å². The van der Waals surface area contributed by atoms with Gasteiger partial charge < -0.3 is 4.90 Å². The van der Waals surface area contributed by atoms with Crippen LogP contribution in [-0.2, 0) is 26.2 Å². The van der Waals surface area contributed by atoms with Gasteiger partial charge in [0.05, 0.1) is 21.3 Å². The summed E-state index contributed by atoms with van der Waals surface area (Å²) in [7, 11) is -6.79. The van der Waals surface area contributed by atoms with Crippen LogP contribution in [0.1, 0.15) is 47.1 Å². The Morgan fingerprint density at radius 1 is 0.821 bits per heavy atom. The smallest absolute Gasteiger partial charge is 0.175 e. The van der Waals surface area contributed by atoms with Gasteiger partial charge in [0.25, 0.3) is 0 Å². The van der Waals surface area contributed by atoms with Gasteiger partial charge in [-0.25, -0.2) is 16.8 Å². The van der Waals surface area contributed by atoms with Crippen molar-refractivity contribution >= 4 is 19.7 Å². The fraction of sp³-hybridized carbons (Fsp3) is 0.524. The van der Waals surface area contributed by atoms with Crippen molar-refractivity contribution in [3.63, 3.8) is 0 Å². The maximum atomic E-state index is 12.5. The zero-order chi connectivity index (χ0) is 21.5. The number of hydrogen-bond donors (Lipinski definition) is 0. The molecule has 0 atom stereocenters. The van der Waals surface area contributed by atoms with E-state index >= 15 is 0 Å². The lowest BCUT2D eigenvalue weighted by Gasteiger charge is -2.19. The molecule has 0 bridgehead atoms. The monoisotopic (exact) mass is 427 g/mol. The molecule has 0 aromatic heterocycles. The molecule has 28 heavy (non-hydrogen) atoms. The Kier molecular flexibility index (Phi) is 8.95. The van der Waals surface area contributed by atoms with Crippen molar-refractivity contribution in [2.24, 2.45) is 11.8 Å². The van der Waals surface area contributed by atoms with Gasteiger partial charge in [0, 0.05) is 18.9 Å². The number of nitrogens with zero attached hydrogens (tertiary/aromatic N) is 1. The quantitative estimate of drug-likeness (QED) is 0.555. The highest BCUT2D eigenvalue weighted by atomic mass is 32.2. The fourth-order valence-corrected chi connectivity index (χ4v) is 5.56. The van der Waals surface area contributed by atoms with E-state index in [1.165, 1.54) is 12.4 Å². The van der Waals surface area contributed by atoms with E-state index in [2.05, 4.69) is 0 Å². The summed E-state index contributed by atoms with van der Waals surface area (Å²) in [4.78, 5) is 2.10. The summed E-state index contributed by atoms with van der Waals surface area (Å²) < 4.78 is 50.1. The average molecular weight is 428 g/mol. The molecule has 0 radical (unpaired) electrons. The van der Waals surface area contributed by atoms with E-state index in [-0.39, 0.29) is 33.2 Å². The molecule has 0 fully saturated rings. The number of benzene rings is 1. The molecule has 0 spiro atoms. The van der Waals surface area contributed by atoms with Crippen LogP contribution in [0.3, 0.4) is 0 Å². The second-order valence-electron chi connectivity index (χ2n) is 7.99. The highest BCUT2D eigenvalue weighted by Crippen LogP contribution is 2.18. The highest BCUT2D eigenvalue weighted by molar-refractivity contribution is 7.95. The average Bonchev–Trinajstić information content (AvgIpc) is 2.53. The second-order valence-corrected chi connectivity index (χ2v) is 12.4. The van der Waals surface area contributed by atoms with E-state index in [0.717, 1.165) is 5.56 Å². The van der Waals surface area contributed by atoms with Crippen LogP contribution in [0.4, 0.5) is 0 Å². The van der Waals surface area contributed by atoms with Gasteiger partial charge in [0.1, 0.15) is 0 Å². The summed E-state index contributed by atoms with van der Waals surface area (Å²) >= 11 is 0. The third kappa shape index (κ3) is 8.19. The summed E-state index contributed by atoms with van der Waals surface area (Å²) in [5, 5.41) is 0. The Morgan fingerprint density at radius 2 is 1.21 bits per heavy atom. The van der Waals surface area contributed by atoms with Crippen LogP contribution in [0.5, 0.6) is 0 Å². The van der Waals surface area contributed by atoms with Gasteiger partial charge >= 0.3 is 0 Å². The highest BCUT2D eigenvalue weighted by Gasteiger charge is 2.19. The molecular formula is C21H33NO4S2. The third-order valence-corrected chi connectivity index (χ3v) is 8.37. The molecule has 158 valence electrons. The van der Waals surface area contributed by atoms with Gasteiger partial charge in [-0.2, -0.15) is 0 Å². The van der Waals surface area contributed by atoms with Crippen LogP contribution < -0.4 is 0 Å². The Labute approximate surface area is 171 Å². The van der Waals surface area contributed by atoms with Crippen molar-refractivity contribution in [2.75, 3.05) is 11.5 Å². The molecule has 7 heteroatoms. The number of allylic oxidation sites excluding steroid dienone is 2. The normalized spacial score (nSPS) is 14.0. The van der Waals surface area contributed by atoms with Gasteiger partial charge in [-0.05, 0) is 31.2 Å². The molecule has 0 saturated carbocycles. The number of hydrogen-bond acceptors (Lipinski definition) is 5. The van der Waals surface area contributed by atoms with Crippen LogP contribution in [0.15, 0.2) is 52.5 Å². The number of rotatable bonds is 10. The SMILES string of the molecule is CC(=CN(C=C(C)S(=O)(=O)CC(C)C)Cc1ccccc1)S(=O)(=O)CC(C)C. The molecule has 0 aliphatic rings. The molecule has 5 nitrogen and oxygen atoms in total. The molecule has 0 saturated heterocycles. The molecule has 1 aromatic rings. The zero-order valence-electron chi connectivity index (χ0n) is 17.7. The summed E-state index contributed by atoms with van der Waals surface area (Å²) in [5.74, 6) is 0.144. The molecule has 0 heterocycles. The Bertz CT molecular complexity index is 841. The lowest BCUT2D eigenvalue weighted by atomic mass is 10.2. The van der Waals surface area contributed by atoms with Crippen molar-refractivity contribution in [1.29, 1.82) is 0 Å². The van der Waals surface area contributed by atoms with Crippen molar-refractivity contribution < 1.29 is 16.8 Å². The molecule has 1 rings (SSSR count). The first-order chi connectivity index (χ1) is 12.8. The maximum Gasteiger partial charge on any atom is 0.175 e. The van der Waals surface area contributed by atoms with Gasteiger partial charge in [0.2, 0.25) is 0 Å². The van der Waals surface area contributed by atoms with Crippen LogP contribution in [0, 0.1) is 11.8 Å². The van der Waals surface area contributed by atoms with Crippen molar-refractivity contribution in [3.05, 3.63) is 58.1 Å². The minimum Gasteiger partial charge on any atom is -0.348 e. The zero-order valence-corrected chi connectivity index (χ0v) is 19.3. The predicted octanol–water partition coefficient (Wildman–Crippen LogP) is 4.35. The van der Waals surface area contributed by atoms with E-state index < -0.39 is 19.7 Å². The predicted molar refractivity (Wildman–Crippen MR) is 117 cm³/mol. The lowest BCUT2D eigenvalue weighted by Crippen LogP contribution is -2.19. The van der Waals surface area contributed by atoms with Gasteiger partial charge in [0.15, 0.2) is 19.7 Å². The molecule has 1 aromatic carbocycles. The summed E-state index contributed by atoms with van der Waals surface area (Å²) in [6, 6.07) is 9.53. The van der Waals surface area contributed by atoms with Gasteiger partial charge in [-0.1, -0.05) is 58.0 Å². The topological polar surface area (TPSA) is 71.5 Å². The molecule has 0 aliphatic carbocycles. The van der Waals surface area contributed by atoms with Crippen LogP contribution in [0.2, 0.25) is 0 Å². The molecule has 0 unspecified atom stereocenters. The van der Waals surface area contributed by atoms with E-state index in [1.54, 1.807) is 18.7 Å². The Morgan fingerprint density at radius 3 is 1.57 bits per heavy atom. The van der Waals surface area contributed by atoms with E-state index in [0.29, 0.717) is 6.54 Å². The van der Waals surface area contributed by atoms with Crippen molar-refractivity contribution in [1.82, 2.24) is 4.90 Å². The van der Waals surface area contributed by atoms with Crippen molar-refractivity contribution in [2.45, 2.75) is 48.1 Å². The largest absolute Gasteiger partial charge is 0.348 e. The third-order valence-electron chi connectivity index (χ3n) is 3.99. The van der Waals surface area contributed by atoms with Crippen LogP contribution in [-0.4, -0.2) is 33.2 Å².